The number of hydrogen-bond donors (Lipinski definition) is 0. The van der Waals surface area contributed by atoms with E-state index in [0.29, 0.717) is 42.6 Å². The predicted molar refractivity (Wildman–Crippen MR) is 113 cm³/mol. The smallest absolute Gasteiger partial charge is 0.246 e. The number of anilines is 1. The van der Waals surface area contributed by atoms with Gasteiger partial charge in [0.05, 0.1) is 17.1 Å². The van der Waals surface area contributed by atoms with Crippen LogP contribution in [0.5, 0.6) is 0 Å². The average molecular weight is 432 g/mol. The Morgan fingerprint density at radius 1 is 0.966 bits per heavy atom. The Bertz CT molecular complexity index is 1110. The van der Waals surface area contributed by atoms with Gasteiger partial charge < -0.3 is 4.90 Å². The summed E-state index contributed by atoms with van der Waals surface area (Å²) < 4.78 is 30.0. The topological polar surface area (TPSA) is 71.3 Å². The largest absolute Gasteiger partial charge is 0.354 e. The van der Waals surface area contributed by atoms with Crippen molar-refractivity contribution < 1.29 is 8.42 Å². The van der Waals surface area contributed by atoms with Crippen molar-refractivity contribution in [3.05, 3.63) is 65.1 Å². The van der Waals surface area contributed by atoms with E-state index in [1.165, 1.54) is 4.31 Å². The molecule has 0 aliphatic carbocycles. The van der Waals surface area contributed by atoms with Crippen LogP contribution in [0.2, 0.25) is 5.02 Å². The van der Waals surface area contributed by atoms with E-state index in [1.807, 2.05) is 30.3 Å². The van der Waals surface area contributed by atoms with Crippen molar-refractivity contribution in [3.63, 3.8) is 0 Å². The molecule has 9 heteroatoms. The Balaban J connectivity index is 1.59. The van der Waals surface area contributed by atoms with E-state index in [4.69, 9.17) is 11.6 Å². The SMILES string of the molecule is Cc1nn(-c2ccc(Cl)cc2)c(C)c1S(=O)(=O)N1CCN(c2ccccn2)CC1. The minimum absolute atomic E-state index is 0.277. The zero-order chi connectivity index (χ0) is 20.6. The van der Waals surface area contributed by atoms with E-state index in [9.17, 15) is 8.42 Å². The molecule has 1 aliphatic rings. The van der Waals surface area contributed by atoms with Gasteiger partial charge in [-0.05, 0) is 50.2 Å². The van der Waals surface area contributed by atoms with Crippen LogP contribution >= 0.6 is 11.6 Å². The minimum Gasteiger partial charge on any atom is -0.354 e. The van der Waals surface area contributed by atoms with Crippen molar-refractivity contribution in [1.82, 2.24) is 19.1 Å². The number of sulfonamides is 1. The number of hydrogen-bond acceptors (Lipinski definition) is 5. The van der Waals surface area contributed by atoms with Crippen LogP contribution in [0.1, 0.15) is 11.4 Å². The summed E-state index contributed by atoms with van der Waals surface area (Å²) in [7, 11) is -3.65. The first-order chi connectivity index (χ1) is 13.9. The lowest BCUT2D eigenvalue weighted by Gasteiger charge is -2.34. The Labute approximate surface area is 175 Å². The summed E-state index contributed by atoms with van der Waals surface area (Å²) in [4.78, 5) is 6.73. The number of piperazine rings is 1. The van der Waals surface area contributed by atoms with Crippen LogP contribution in [0.25, 0.3) is 5.69 Å². The van der Waals surface area contributed by atoms with Crippen LogP contribution in [0.3, 0.4) is 0 Å². The monoisotopic (exact) mass is 431 g/mol. The van der Waals surface area contributed by atoms with E-state index in [1.54, 1.807) is 36.9 Å². The van der Waals surface area contributed by atoms with Crippen LogP contribution in [0.15, 0.2) is 53.6 Å². The Morgan fingerprint density at radius 3 is 2.28 bits per heavy atom. The summed E-state index contributed by atoms with van der Waals surface area (Å²) in [5, 5.41) is 5.10. The first kappa shape index (κ1) is 19.9. The standard InChI is InChI=1S/C20H22ClN5O2S/c1-15-20(16(2)26(23-15)18-8-6-17(21)7-9-18)29(27,28)25-13-11-24(12-14-25)19-5-3-4-10-22-19/h3-10H,11-14H2,1-2H3. The van der Waals surface area contributed by atoms with Crippen molar-refractivity contribution in [1.29, 1.82) is 0 Å². The van der Waals surface area contributed by atoms with Crippen molar-refractivity contribution in [2.75, 3.05) is 31.1 Å². The third-order valence-electron chi connectivity index (χ3n) is 5.11. The van der Waals surface area contributed by atoms with Gasteiger partial charge in [0, 0.05) is 37.4 Å². The quantitative estimate of drug-likeness (QED) is 0.634. The highest BCUT2D eigenvalue weighted by Gasteiger charge is 2.33. The van der Waals surface area contributed by atoms with Gasteiger partial charge in [0.25, 0.3) is 0 Å². The van der Waals surface area contributed by atoms with Crippen LogP contribution in [-0.2, 0) is 10.0 Å². The van der Waals surface area contributed by atoms with E-state index in [0.717, 1.165) is 11.5 Å². The molecule has 1 fully saturated rings. The highest BCUT2D eigenvalue weighted by Crippen LogP contribution is 2.27. The molecule has 7 nitrogen and oxygen atoms in total. The van der Waals surface area contributed by atoms with Crippen LogP contribution < -0.4 is 4.90 Å². The van der Waals surface area contributed by atoms with Gasteiger partial charge in [-0.3, -0.25) is 0 Å². The van der Waals surface area contributed by atoms with E-state index >= 15 is 0 Å². The number of rotatable bonds is 4. The lowest BCUT2D eigenvalue weighted by molar-refractivity contribution is 0.383. The molecule has 0 radical (unpaired) electrons. The molecule has 0 spiro atoms. The van der Waals surface area contributed by atoms with Crippen molar-refractivity contribution in [3.8, 4) is 5.69 Å². The lowest BCUT2D eigenvalue weighted by atomic mass is 10.3. The van der Waals surface area contributed by atoms with Crippen molar-refractivity contribution >= 4 is 27.4 Å². The number of halogens is 1. The second kappa shape index (κ2) is 7.78. The third-order valence-corrected chi connectivity index (χ3v) is 7.51. The number of aryl methyl sites for hydroxylation is 1. The fourth-order valence-electron chi connectivity index (χ4n) is 3.66. The molecular weight excluding hydrogens is 410 g/mol. The van der Waals surface area contributed by atoms with Gasteiger partial charge in [-0.1, -0.05) is 17.7 Å². The van der Waals surface area contributed by atoms with Gasteiger partial charge in [-0.2, -0.15) is 9.40 Å². The van der Waals surface area contributed by atoms with Gasteiger partial charge in [0.15, 0.2) is 0 Å². The zero-order valence-electron chi connectivity index (χ0n) is 16.3. The van der Waals surface area contributed by atoms with E-state index in [2.05, 4.69) is 15.0 Å². The molecule has 3 aromatic rings. The Hall–Kier alpha value is -2.42. The molecule has 1 aromatic carbocycles. The maximum Gasteiger partial charge on any atom is 0.246 e. The predicted octanol–water partition coefficient (Wildman–Crippen LogP) is 3.05. The summed E-state index contributed by atoms with van der Waals surface area (Å²) in [5.74, 6) is 0.868. The molecular formula is C20H22ClN5O2S. The van der Waals surface area contributed by atoms with Gasteiger partial charge >= 0.3 is 0 Å². The molecule has 0 bridgehead atoms. The molecule has 0 amide bonds. The highest BCUT2D eigenvalue weighted by molar-refractivity contribution is 7.89. The maximum absolute atomic E-state index is 13.4. The highest BCUT2D eigenvalue weighted by atomic mass is 35.5. The number of aromatic nitrogens is 3. The van der Waals surface area contributed by atoms with Crippen LogP contribution in [0.4, 0.5) is 5.82 Å². The van der Waals surface area contributed by atoms with Crippen molar-refractivity contribution in [2.24, 2.45) is 0 Å². The summed E-state index contributed by atoms with van der Waals surface area (Å²) in [5.41, 5.74) is 1.86. The minimum atomic E-state index is -3.65. The van der Waals surface area contributed by atoms with Gasteiger partial charge in [-0.25, -0.2) is 18.1 Å². The normalized spacial score (nSPS) is 15.6. The molecule has 4 rings (SSSR count). The maximum atomic E-state index is 13.4. The molecule has 0 saturated carbocycles. The van der Waals surface area contributed by atoms with E-state index < -0.39 is 10.0 Å². The first-order valence-corrected chi connectivity index (χ1v) is 11.2. The summed E-state index contributed by atoms with van der Waals surface area (Å²) in [6.07, 6.45) is 1.75. The van der Waals surface area contributed by atoms with Crippen molar-refractivity contribution in [2.45, 2.75) is 18.7 Å². The molecule has 152 valence electrons. The zero-order valence-corrected chi connectivity index (χ0v) is 17.9. The lowest BCUT2D eigenvalue weighted by Crippen LogP contribution is -2.49. The second-order valence-electron chi connectivity index (χ2n) is 6.97. The van der Waals surface area contributed by atoms with Gasteiger partial charge in [-0.15, -0.1) is 0 Å². The summed E-state index contributed by atoms with van der Waals surface area (Å²) >= 11 is 5.96. The van der Waals surface area contributed by atoms with E-state index in [-0.39, 0.29) is 4.90 Å². The number of pyridine rings is 1. The third kappa shape index (κ3) is 3.75. The van der Waals surface area contributed by atoms with Gasteiger partial charge in [0.2, 0.25) is 10.0 Å². The van der Waals surface area contributed by atoms with Crippen LogP contribution in [0, 0.1) is 13.8 Å². The van der Waals surface area contributed by atoms with Gasteiger partial charge in [0.1, 0.15) is 10.7 Å². The Kier molecular flexibility index (Phi) is 5.33. The molecule has 2 aromatic heterocycles. The molecule has 0 unspecified atom stereocenters. The molecule has 0 atom stereocenters. The average Bonchev–Trinajstić information content (AvgIpc) is 3.04. The Morgan fingerprint density at radius 2 is 1.66 bits per heavy atom. The van der Waals surface area contributed by atoms with Crippen LogP contribution in [-0.4, -0.2) is 53.7 Å². The summed E-state index contributed by atoms with van der Waals surface area (Å²) in [6.45, 7) is 5.52. The fourth-order valence-corrected chi connectivity index (χ4v) is 5.56. The molecule has 29 heavy (non-hydrogen) atoms. The number of benzene rings is 1. The number of nitrogens with zero attached hydrogens (tertiary/aromatic N) is 5. The first-order valence-electron chi connectivity index (χ1n) is 9.36. The summed E-state index contributed by atoms with van der Waals surface area (Å²) in [6, 6.07) is 12.9. The fraction of sp³-hybridized carbons (Fsp3) is 0.300. The molecule has 1 aliphatic heterocycles. The molecule has 3 heterocycles. The second-order valence-corrected chi connectivity index (χ2v) is 9.28. The molecule has 1 saturated heterocycles. The molecule has 0 N–H and O–H groups in total.